The molecule has 0 fully saturated rings. The van der Waals surface area contributed by atoms with Crippen LogP contribution in [0.4, 0.5) is 5.95 Å². The molecule has 11 heteroatoms. The van der Waals surface area contributed by atoms with E-state index < -0.39 is 17.4 Å². The van der Waals surface area contributed by atoms with Gasteiger partial charge in [0.15, 0.2) is 11.2 Å². The van der Waals surface area contributed by atoms with Crippen LogP contribution in [-0.4, -0.2) is 48.2 Å². The van der Waals surface area contributed by atoms with E-state index in [1.165, 1.54) is 28.5 Å². The lowest BCUT2D eigenvalue weighted by Crippen LogP contribution is -2.30. The van der Waals surface area contributed by atoms with Crippen LogP contribution >= 0.6 is 0 Å². The number of aromatic hydroxyl groups is 1. The summed E-state index contributed by atoms with van der Waals surface area (Å²) in [6, 6.07) is 14.1. The standard InChI is InChI=1S/C23H24N6O5/c1-14-7-3-6-10-18(14)34-13-16(30)12-29-19-20(28(2)23(33)26-21(19)32)25-22(29)27-24-11-15-8-4-5-9-17(15)31/h3-11,16,30-31H,12-13H2,1-2H3,(H,25,27)(H,26,32,33)/b24-11+/t16-/m0/s1. The van der Waals surface area contributed by atoms with E-state index in [2.05, 4.69) is 20.5 Å². The van der Waals surface area contributed by atoms with Gasteiger partial charge in [-0.25, -0.2) is 10.2 Å². The summed E-state index contributed by atoms with van der Waals surface area (Å²) in [6.07, 6.45) is 0.385. The molecule has 2 heterocycles. The van der Waals surface area contributed by atoms with Gasteiger partial charge in [-0.1, -0.05) is 30.3 Å². The number of aromatic amines is 1. The van der Waals surface area contributed by atoms with E-state index in [1.807, 2.05) is 25.1 Å². The normalized spacial score (nSPS) is 12.3. The molecule has 0 amide bonds. The van der Waals surface area contributed by atoms with E-state index in [9.17, 15) is 19.8 Å². The summed E-state index contributed by atoms with van der Waals surface area (Å²) < 4.78 is 8.35. The van der Waals surface area contributed by atoms with Crippen LogP contribution in [0.2, 0.25) is 0 Å². The number of ether oxygens (including phenoxy) is 1. The van der Waals surface area contributed by atoms with Gasteiger partial charge in [0.05, 0.1) is 12.8 Å². The predicted molar refractivity (Wildman–Crippen MR) is 128 cm³/mol. The number of aliphatic hydroxyl groups excluding tert-OH is 1. The Morgan fingerprint density at radius 2 is 1.94 bits per heavy atom. The molecule has 4 aromatic rings. The molecule has 0 aliphatic carbocycles. The number of hydrazone groups is 1. The lowest BCUT2D eigenvalue weighted by atomic mass is 10.2. The highest BCUT2D eigenvalue weighted by Crippen LogP contribution is 2.19. The fourth-order valence-corrected chi connectivity index (χ4v) is 3.42. The monoisotopic (exact) mass is 464 g/mol. The predicted octanol–water partition coefficient (Wildman–Crippen LogP) is 1.32. The maximum Gasteiger partial charge on any atom is 0.329 e. The number of phenols is 1. The van der Waals surface area contributed by atoms with Crippen molar-refractivity contribution in [2.75, 3.05) is 12.0 Å². The largest absolute Gasteiger partial charge is 0.507 e. The fourth-order valence-electron chi connectivity index (χ4n) is 3.42. The molecule has 0 saturated heterocycles. The molecule has 0 bridgehead atoms. The number of benzene rings is 2. The van der Waals surface area contributed by atoms with Gasteiger partial charge < -0.3 is 19.5 Å². The highest BCUT2D eigenvalue weighted by Gasteiger charge is 2.20. The number of para-hydroxylation sites is 2. The lowest BCUT2D eigenvalue weighted by Gasteiger charge is -2.16. The minimum Gasteiger partial charge on any atom is -0.507 e. The van der Waals surface area contributed by atoms with Crippen LogP contribution in [0.25, 0.3) is 11.2 Å². The van der Waals surface area contributed by atoms with Crippen molar-refractivity contribution in [2.24, 2.45) is 12.1 Å². The van der Waals surface area contributed by atoms with Crippen molar-refractivity contribution in [2.45, 2.75) is 19.6 Å². The molecule has 0 spiro atoms. The SMILES string of the molecule is Cc1ccccc1OC[C@@H](O)Cn1c(N/N=C/c2ccccc2O)nc2c1c(=O)[nH]c(=O)n2C. The number of aliphatic hydroxyl groups is 1. The summed E-state index contributed by atoms with van der Waals surface area (Å²) in [4.78, 5) is 31.2. The van der Waals surface area contributed by atoms with Crippen molar-refractivity contribution in [1.29, 1.82) is 0 Å². The van der Waals surface area contributed by atoms with Crippen LogP contribution in [-0.2, 0) is 13.6 Å². The molecular weight excluding hydrogens is 440 g/mol. The number of hydrogen-bond acceptors (Lipinski definition) is 8. The maximum atomic E-state index is 12.6. The maximum absolute atomic E-state index is 12.6. The first-order valence-corrected chi connectivity index (χ1v) is 10.5. The van der Waals surface area contributed by atoms with Gasteiger partial charge in [-0.2, -0.15) is 10.1 Å². The van der Waals surface area contributed by atoms with Crippen LogP contribution in [0.3, 0.4) is 0 Å². The average molecular weight is 464 g/mol. The Kier molecular flexibility index (Phi) is 6.46. The average Bonchev–Trinajstić information content (AvgIpc) is 3.17. The highest BCUT2D eigenvalue weighted by molar-refractivity contribution is 5.83. The summed E-state index contributed by atoms with van der Waals surface area (Å²) in [6.45, 7) is 1.81. The van der Waals surface area contributed by atoms with Gasteiger partial charge in [0.25, 0.3) is 5.56 Å². The second-order valence-corrected chi connectivity index (χ2v) is 7.70. The first-order valence-electron chi connectivity index (χ1n) is 10.5. The molecule has 2 aromatic carbocycles. The van der Waals surface area contributed by atoms with Gasteiger partial charge in [-0.05, 0) is 30.7 Å². The molecule has 0 radical (unpaired) electrons. The number of anilines is 1. The molecule has 11 nitrogen and oxygen atoms in total. The Hall–Kier alpha value is -4.38. The third kappa shape index (κ3) is 4.69. The summed E-state index contributed by atoms with van der Waals surface area (Å²) in [5.74, 6) is 0.815. The highest BCUT2D eigenvalue weighted by atomic mass is 16.5. The van der Waals surface area contributed by atoms with Gasteiger partial charge in [0.2, 0.25) is 5.95 Å². The fraction of sp³-hybridized carbons (Fsp3) is 0.217. The number of rotatable bonds is 8. The Bertz CT molecular complexity index is 1470. The van der Waals surface area contributed by atoms with Gasteiger partial charge in [-0.3, -0.25) is 14.3 Å². The van der Waals surface area contributed by atoms with E-state index in [1.54, 1.807) is 24.3 Å². The smallest absolute Gasteiger partial charge is 0.329 e. The van der Waals surface area contributed by atoms with Crippen molar-refractivity contribution < 1.29 is 14.9 Å². The minimum atomic E-state index is -1.00. The van der Waals surface area contributed by atoms with E-state index in [0.29, 0.717) is 11.3 Å². The Morgan fingerprint density at radius 3 is 2.71 bits per heavy atom. The zero-order valence-corrected chi connectivity index (χ0v) is 18.6. The topological polar surface area (TPSA) is 147 Å². The van der Waals surface area contributed by atoms with Crippen molar-refractivity contribution in [3.8, 4) is 11.5 Å². The number of hydrogen-bond donors (Lipinski definition) is 4. The van der Waals surface area contributed by atoms with Crippen molar-refractivity contribution in [3.63, 3.8) is 0 Å². The van der Waals surface area contributed by atoms with E-state index in [-0.39, 0.29) is 36.0 Å². The molecule has 0 unspecified atom stereocenters. The number of nitrogens with one attached hydrogen (secondary N) is 2. The molecule has 4 rings (SSSR count). The van der Waals surface area contributed by atoms with Gasteiger partial charge in [0, 0.05) is 12.6 Å². The van der Waals surface area contributed by atoms with E-state index in [0.717, 1.165) is 5.56 Å². The summed E-state index contributed by atoms with van der Waals surface area (Å²) in [5.41, 5.74) is 3.09. The van der Waals surface area contributed by atoms with Gasteiger partial charge in [-0.15, -0.1) is 0 Å². The Labute approximate surface area is 193 Å². The first-order chi connectivity index (χ1) is 16.3. The van der Waals surface area contributed by atoms with E-state index in [4.69, 9.17) is 4.74 Å². The van der Waals surface area contributed by atoms with Crippen LogP contribution in [0, 0.1) is 6.92 Å². The van der Waals surface area contributed by atoms with Crippen molar-refractivity contribution in [3.05, 3.63) is 80.5 Å². The molecule has 34 heavy (non-hydrogen) atoms. The molecular formula is C23H24N6O5. The first kappa shape index (κ1) is 22.8. The lowest BCUT2D eigenvalue weighted by molar-refractivity contribution is 0.0935. The second-order valence-electron chi connectivity index (χ2n) is 7.70. The van der Waals surface area contributed by atoms with Gasteiger partial charge >= 0.3 is 5.69 Å². The number of aromatic nitrogens is 4. The number of phenolic OH excluding ortho intramolecular Hbond substituents is 1. The molecule has 2 aromatic heterocycles. The molecule has 0 aliphatic rings. The molecule has 1 atom stereocenters. The molecule has 0 aliphatic heterocycles. The van der Waals surface area contributed by atoms with Crippen molar-refractivity contribution in [1.82, 2.24) is 19.1 Å². The number of aryl methyl sites for hydroxylation is 2. The number of imidazole rings is 1. The third-order valence-electron chi connectivity index (χ3n) is 5.23. The summed E-state index contributed by atoms with van der Waals surface area (Å²) >= 11 is 0. The second kappa shape index (κ2) is 9.63. The van der Waals surface area contributed by atoms with Gasteiger partial charge in [0.1, 0.15) is 24.2 Å². The molecule has 0 saturated carbocycles. The number of nitrogens with zero attached hydrogens (tertiary/aromatic N) is 4. The number of fused-ring (bicyclic) bond motifs is 1. The van der Waals surface area contributed by atoms with E-state index >= 15 is 0 Å². The minimum absolute atomic E-state index is 0.0329. The Balaban J connectivity index is 1.64. The van der Waals surface area contributed by atoms with Crippen LogP contribution < -0.4 is 21.4 Å². The quantitative estimate of drug-likeness (QED) is 0.227. The van der Waals surface area contributed by atoms with Crippen LogP contribution in [0.15, 0.2) is 63.2 Å². The summed E-state index contributed by atoms with van der Waals surface area (Å²) in [5, 5.41) is 24.7. The van der Waals surface area contributed by atoms with Crippen LogP contribution in [0.5, 0.6) is 11.5 Å². The number of H-pyrrole nitrogens is 1. The molecule has 4 N–H and O–H groups in total. The van der Waals surface area contributed by atoms with Crippen LogP contribution in [0.1, 0.15) is 11.1 Å². The Morgan fingerprint density at radius 1 is 1.21 bits per heavy atom. The summed E-state index contributed by atoms with van der Waals surface area (Å²) in [7, 11) is 1.48. The molecule has 176 valence electrons. The zero-order chi connectivity index (χ0) is 24.2. The zero-order valence-electron chi connectivity index (χ0n) is 18.6. The van der Waals surface area contributed by atoms with Crippen molar-refractivity contribution >= 4 is 23.3 Å². The third-order valence-corrected chi connectivity index (χ3v) is 5.23.